The Kier molecular flexibility index (Phi) is 8.72. The normalized spacial score (nSPS) is 18.3. The summed E-state index contributed by atoms with van der Waals surface area (Å²) in [6, 6.07) is 4.32. The maximum Gasteiger partial charge on any atom is 0.254 e. The number of amidine groups is 1. The molecule has 0 spiro atoms. The highest BCUT2D eigenvalue weighted by molar-refractivity contribution is 5.96. The highest BCUT2D eigenvalue weighted by atomic mass is 16.2. The lowest BCUT2D eigenvalue weighted by atomic mass is 9.98. The molecule has 2 aliphatic rings. The van der Waals surface area contributed by atoms with Gasteiger partial charge in [-0.15, -0.1) is 0 Å². The molecule has 0 N–H and O–H groups in total. The third-order valence-electron chi connectivity index (χ3n) is 6.91. The van der Waals surface area contributed by atoms with Gasteiger partial charge in [-0.25, -0.2) is 4.99 Å². The molecule has 6 nitrogen and oxygen atoms in total. The van der Waals surface area contributed by atoms with E-state index in [4.69, 9.17) is 0 Å². The Bertz CT molecular complexity index is 977. The Labute approximate surface area is 205 Å². The molecule has 0 aliphatic carbocycles. The summed E-state index contributed by atoms with van der Waals surface area (Å²) in [5, 5.41) is 0. The van der Waals surface area contributed by atoms with Crippen LogP contribution in [0.15, 0.2) is 53.8 Å². The van der Waals surface area contributed by atoms with Gasteiger partial charge in [0.25, 0.3) is 5.91 Å². The molecule has 0 radical (unpaired) electrons. The predicted octanol–water partition coefficient (Wildman–Crippen LogP) is 4.22. The van der Waals surface area contributed by atoms with Crippen molar-refractivity contribution in [3.63, 3.8) is 0 Å². The average Bonchev–Trinajstić information content (AvgIpc) is 2.80. The third kappa shape index (κ3) is 6.38. The van der Waals surface area contributed by atoms with Gasteiger partial charge in [0.05, 0.1) is 0 Å². The summed E-state index contributed by atoms with van der Waals surface area (Å²) in [6.07, 6.45) is 3.93. The monoisotopic (exact) mass is 463 g/mol. The quantitative estimate of drug-likeness (QED) is 0.360. The van der Waals surface area contributed by atoms with Crippen LogP contribution in [-0.4, -0.2) is 83.7 Å². The number of allylic oxidation sites excluding steroid dienone is 4. The number of carbonyl (C=O) groups is 1. The number of piperazine rings is 2. The summed E-state index contributed by atoms with van der Waals surface area (Å²) in [7, 11) is 0. The number of aliphatic imine (C=N–C) groups is 1. The Morgan fingerprint density at radius 1 is 0.912 bits per heavy atom. The molecule has 6 heteroatoms. The molecule has 0 unspecified atom stereocenters. The minimum atomic E-state index is 0.142. The van der Waals surface area contributed by atoms with Crippen LogP contribution in [0.1, 0.15) is 47.8 Å². The lowest BCUT2D eigenvalue weighted by molar-refractivity contribution is 0.0690. The maximum atomic E-state index is 13.4. The SMILES string of the molecule is C=C/C=C(\C)N1CCN(Cc2cc(C(=O)N3CCN(C(C)=NC(=C)C)CC3)c(C)cc2C)CC1. The number of hydrogen-bond acceptors (Lipinski definition) is 4. The van der Waals surface area contributed by atoms with Gasteiger partial charge in [0.1, 0.15) is 5.84 Å². The van der Waals surface area contributed by atoms with Crippen molar-refractivity contribution >= 4 is 11.7 Å². The second kappa shape index (κ2) is 11.5. The first kappa shape index (κ1) is 25.8. The number of nitrogens with zero attached hydrogens (tertiary/aromatic N) is 5. The van der Waals surface area contributed by atoms with Crippen LogP contribution in [-0.2, 0) is 6.54 Å². The largest absolute Gasteiger partial charge is 0.372 e. The zero-order valence-electron chi connectivity index (χ0n) is 21.7. The number of amides is 1. The van der Waals surface area contributed by atoms with Crippen molar-refractivity contribution in [3.05, 3.63) is 71.1 Å². The summed E-state index contributed by atoms with van der Waals surface area (Å²) < 4.78 is 0. The molecule has 1 amide bonds. The van der Waals surface area contributed by atoms with Crippen molar-refractivity contribution in [2.24, 2.45) is 4.99 Å². The van der Waals surface area contributed by atoms with Crippen LogP contribution in [0.5, 0.6) is 0 Å². The first-order valence-corrected chi connectivity index (χ1v) is 12.3. The molecule has 1 aromatic rings. The van der Waals surface area contributed by atoms with E-state index in [1.54, 1.807) is 0 Å². The summed E-state index contributed by atoms with van der Waals surface area (Å²) in [5.41, 5.74) is 6.49. The lowest BCUT2D eigenvalue weighted by Crippen LogP contribution is -2.50. The van der Waals surface area contributed by atoms with E-state index in [9.17, 15) is 4.79 Å². The van der Waals surface area contributed by atoms with Crippen molar-refractivity contribution in [1.29, 1.82) is 0 Å². The van der Waals surface area contributed by atoms with E-state index in [1.165, 1.54) is 16.8 Å². The fourth-order valence-electron chi connectivity index (χ4n) is 4.82. The number of hydrogen-bond donors (Lipinski definition) is 0. The van der Waals surface area contributed by atoms with Crippen molar-refractivity contribution < 1.29 is 4.79 Å². The van der Waals surface area contributed by atoms with E-state index in [1.807, 2.05) is 24.8 Å². The maximum absolute atomic E-state index is 13.4. The van der Waals surface area contributed by atoms with Crippen LogP contribution in [0.4, 0.5) is 0 Å². The smallest absolute Gasteiger partial charge is 0.254 e. The summed E-state index contributed by atoms with van der Waals surface area (Å²) >= 11 is 0. The molecular formula is C28H41N5O. The van der Waals surface area contributed by atoms with Crippen molar-refractivity contribution in [2.75, 3.05) is 52.4 Å². The van der Waals surface area contributed by atoms with Gasteiger partial charge in [-0.1, -0.05) is 25.3 Å². The number of rotatable bonds is 6. The molecular weight excluding hydrogens is 422 g/mol. The average molecular weight is 464 g/mol. The summed E-state index contributed by atoms with van der Waals surface area (Å²) in [6.45, 7) is 25.9. The van der Waals surface area contributed by atoms with Crippen LogP contribution in [0, 0.1) is 13.8 Å². The van der Waals surface area contributed by atoms with E-state index in [0.717, 1.165) is 68.5 Å². The van der Waals surface area contributed by atoms with Crippen LogP contribution in [0.3, 0.4) is 0 Å². The van der Waals surface area contributed by atoms with Crippen molar-refractivity contribution in [1.82, 2.24) is 19.6 Å². The van der Waals surface area contributed by atoms with Gasteiger partial charge in [0.15, 0.2) is 0 Å². The first-order chi connectivity index (χ1) is 16.2. The molecule has 0 atom stereocenters. The van der Waals surface area contributed by atoms with Gasteiger partial charge in [-0.05, 0) is 63.5 Å². The Hall–Kier alpha value is -2.86. The highest BCUT2D eigenvalue weighted by Crippen LogP contribution is 2.21. The van der Waals surface area contributed by atoms with Gasteiger partial charge < -0.3 is 14.7 Å². The number of carbonyl (C=O) groups excluding carboxylic acids is 1. The van der Waals surface area contributed by atoms with Crippen LogP contribution >= 0.6 is 0 Å². The molecule has 1 aromatic carbocycles. The van der Waals surface area contributed by atoms with Crippen LogP contribution in [0.25, 0.3) is 0 Å². The van der Waals surface area contributed by atoms with Gasteiger partial charge in [0, 0.05) is 75.9 Å². The van der Waals surface area contributed by atoms with Crippen LogP contribution in [0.2, 0.25) is 0 Å². The molecule has 0 bridgehead atoms. The number of benzene rings is 1. The van der Waals surface area contributed by atoms with Crippen LogP contribution < -0.4 is 0 Å². The lowest BCUT2D eigenvalue weighted by Gasteiger charge is -2.37. The molecule has 3 rings (SSSR count). The van der Waals surface area contributed by atoms with Gasteiger partial charge in [-0.3, -0.25) is 9.69 Å². The summed E-state index contributed by atoms with van der Waals surface area (Å²) in [5.74, 6) is 1.12. The summed E-state index contributed by atoms with van der Waals surface area (Å²) in [4.78, 5) is 27.0. The van der Waals surface area contributed by atoms with Gasteiger partial charge in [-0.2, -0.15) is 0 Å². The van der Waals surface area contributed by atoms with E-state index in [-0.39, 0.29) is 5.91 Å². The Balaban J connectivity index is 1.64. The fraction of sp³-hybridized carbons (Fsp3) is 0.500. The highest BCUT2D eigenvalue weighted by Gasteiger charge is 2.25. The fourth-order valence-corrected chi connectivity index (χ4v) is 4.82. The second-order valence-corrected chi connectivity index (χ2v) is 9.57. The Morgan fingerprint density at radius 3 is 2.09 bits per heavy atom. The molecule has 2 heterocycles. The molecule has 0 saturated carbocycles. The topological polar surface area (TPSA) is 42.4 Å². The minimum Gasteiger partial charge on any atom is -0.372 e. The van der Waals surface area contributed by atoms with E-state index in [2.05, 4.69) is 71.8 Å². The second-order valence-electron chi connectivity index (χ2n) is 9.57. The molecule has 2 fully saturated rings. The molecule has 2 aliphatic heterocycles. The van der Waals surface area contributed by atoms with E-state index in [0.29, 0.717) is 13.1 Å². The number of aryl methyl sites for hydroxylation is 2. The standard InChI is InChI=1S/C28H41N5O/c1-8-9-24(6)31-12-10-30(11-13-31)20-26-19-27(23(5)18-22(26)4)28(34)33-16-14-32(15-17-33)25(7)29-21(2)3/h8-9,18-19H,1-2,10-17,20H2,3-7H3/b24-9+,29-25?. The third-order valence-corrected chi connectivity index (χ3v) is 6.91. The zero-order chi connectivity index (χ0) is 24.8. The molecule has 34 heavy (non-hydrogen) atoms. The van der Waals surface area contributed by atoms with Crippen molar-refractivity contribution in [2.45, 2.75) is 41.2 Å². The van der Waals surface area contributed by atoms with Crippen molar-refractivity contribution in [3.8, 4) is 0 Å². The minimum absolute atomic E-state index is 0.142. The first-order valence-electron chi connectivity index (χ1n) is 12.3. The molecule has 184 valence electrons. The van der Waals surface area contributed by atoms with Gasteiger partial charge in [0.2, 0.25) is 0 Å². The zero-order valence-corrected chi connectivity index (χ0v) is 21.7. The van der Waals surface area contributed by atoms with Gasteiger partial charge >= 0.3 is 0 Å². The molecule has 2 saturated heterocycles. The van der Waals surface area contributed by atoms with E-state index < -0.39 is 0 Å². The predicted molar refractivity (Wildman–Crippen MR) is 142 cm³/mol. The van der Waals surface area contributed by atoms with E-state index >= 15 is 0 Å². The Morgan fingerprint density at radius 2 is 1.50 bits per heavy atom. The molecule has 0 aromatic heterocycles.